The molecule has 1 aromatic heterocycles. The molecule has 4 heteroatoms. The van der Waals surface area contributed by atoms with Crippen LogP contribution in [0.1, 0.15) is 11.8 Å². The fraction of sp³-hybridized carbons (Fsp3) is 0.231. The predicted molar refractivity (Wildman–Crippen MR) is 71.9 cm³/mol. The zero-order valence-electron chi connectivity index (χ0n) is 9.69. The summed E-state index contributed by atoms with van der Waals surface area (Å²) in [4.78, 5) is 3.23. The molecule has 0 aliphatic rings. The molecule has 0 amide bonds. The van der Waals surface area contributed by atoms with E-state index in [1.54, 1.807) is 23.5 Å². The maximum absolute atomic E-state index is 13.8. The van der Waals surface area contributed by atoms with Crippen LogP contribution in [0.4, 0.5) is 15.8 Å². The Morgan fingerprint density at radius 2 is 2.18 bits per heavy atom. The van der Waals surface area contributed by atoms with Crippen LogP contribution in [0.25, 0.3) is 0 Å². The number of anilines is 2. The van der Waals surface area contributed by atoms with Gasteiger partial charge in [0.25, 0.3) is 0 Å². The zero-order chi connectivity index (χ0) is 12.3. The molecule has 0 saturated carbocycles. The molecular weight excluding hydrogens is 235 g/mol. The average molecular weight is 250 g/mol. The van der Waals surface area contributed by atoms with Gasteiger partial charge in [0.1, 0.15) is 5.82 Å². The topological polar surface area (TPSA) is 29.3 Å². The van der Waals surface area contributed by atoms with E-state index in [0.717, 1.165) is 13.1 Å². The van der Waals surface area contributed by atoms with Gasteiger partial charge >= 0.3 is 0 Å². The van der Waals surface area contributed by atoms with Crippen LogP contribution in [-0.2, 0) is 6.54 Å². The first-order chi connectivity index (χ1) is 8.20. The summed E-state index contributed by atoms with van der Waals surface area (Å²) in [5, 5.41) is 2.03. The van der Waals surface area contributed by atoms with Crippen molar-refractivity contribution in [2.45, 2.75) is 13.5 Å². The van der Waals surface area contributed by atoms with E-state index >= 15 is 0 Å². The monoisotopic (exact) mass is 250 g/mol. The summed E-state index contributed by atoms with van der Waals surface area (Å²) in [6.07, 6.45) is 0. The van der Waals surface area contributed by atoms with E-state index in [2.05, 4.69) is 6.07 Å². The number of nitrogens with zero attached hydrogens (tertiary/aromatic N) is 1. The van der Waals surface area contributed by atoms with Gasteiger partial charge in [0.2, 0.25) is 0 Å². The first kappa shape index (κ1) is 11.9. The Kier molecular flexibility index (Phi) is 3.64. The standard InChI is InChI=1S/C13H15FN2S/c1-2-16(9-11-4-3-7-17-11)13-6-5-10(15)8-12(13)14/h3-8H,2,9,15H2,1H3. The van der Waals surface area contributed by atoms with Crippen LogP contribution >= 0.6 is 11.3 Å². The highest BCUT2D eigenvalue weighted by atomic mass is 32.1. The number of nitrogens with two attached hydrogens (primary N) is 1. The van der Waals surface area contributed by atoms with Crippen molar-refractivity contribution in [3.8, 4) is 0 Å². The Labute approximate surface area is 104 Å². The third kappa shape index (κ3) is 2.77. The third-order valence-electron chi connectivity index (χ3n) is 2.62. The van der Waals surface area contributed by atoms with Crippen molar-refractivity contribution in [2.75, 3.05) is 17.2 Å². The number of hydrogen-bond acceptors (Lipinski definition) is 3. The van der Waals surface area contributed by atoms with Gasteiger partial charge in [0, 0.05) is 17.1 Å². The van der Waals surface area contributed by atoms with E-state index in [9.17, 15) is 4.39 Å². The highest BCUT2D eigenvalue weighted by Gasteiger charge is 2.11. The average Bonchev–Trinajstić information content (AvgIpc) is 2.79. The molecule has 0 aliphatic heterocycles. The summed E-state index contributed by atoms with van der Waals surface area (Å²) in [6, 6.07) is 8.90. The smallest absolute Gasteiger partial charge is 0.148 e. The minimum Gasteiger partial charge on any atom is -0.399 e. The second-order valence-electron chi connectivity index (χ2n) is 3.80. The molecule has 1 heterocycles. The predicted octanol–water partition coefficient (Wildman–Crippen LogP) is 3.50. The minimum atomic E-state index is -0.261. The van der Waals surface area contributed by atoms with Crippen LogP contribution in [0.2, 0.25) is 0 Å². The summed E-state index contributed by atoms with van der Waals surface area (Å²) >= 11 is 1.68. The molecule has 2 N–H and O–H groups in total. The number of halogens is 1. The van der Waals surface area contributed by atoms with Crippen molar-refractivity contribution in [1.82, 2.24) is 0 Å². The fourth-order valence-corrected chi connectivity index (χ4v) is 2.46. The van der Waals surface area contributed by atoms with Gasteiger partial charge in [-0.15, -0.1) is 11.3 Å². The van der Waals surface area contributed by atoms with Crippen LogP contribution in [-0.4, -0.2) is 6.54 Å². The van der Waals surface area contributed by atoms with Crippen LogP contribution in [0.5, 0.6) is 0 Å². The van der Waals surface area contributed by atoms with Crippen LogP contribution < -0.4 is 10.6 Å². The van der Waals surface area contributed by atoms with Gasteiger partial charge in [0.05, 0.1) is 12.2 Å². The van der Waals surface area contributed by atoms with Gasteiger partial charge < -0.3 is 10.6 Å². The molecule has 0 radical (unpaired) electrons. The maximum atomic E-state index is 13.8. The van der Waals surface area contributed by atoms with Crippen molar-refractivity contribution < 1.29 is 4.39 Å². The Morgan fingerprint density at radius 1 is 1.35 bits per heavy atom. The largest absolute Gasteiger partial charge is 0.399 e. The molecule has 1 aromatic carbocycles. The molecule has 2 rings (SSSR count). The van der Waals surface area contributed by atoms with Crippen LogP contribution in [0.3, 0.4) is 0 Å². The van der Waals surface area contributed by atoms with E-state index in [1.807, 2.05) is 23.3 Å². The van der Waals surface area contributed by atoms with Crippen molar-refractivity contribution in [1.29, 1.82) is 0 Å². The molecule has 0 unspecified atom stereocenters. The van der Waals surface area contributed by atoms with Crippen molar-refractivity contribution >= 4 is 22.7 Å². The molecule has 0 bridgehead atoms. The Morgan fingerprint density at radius 3 is 2.76 bits per heavy atom. The first-order valence-electron chi connectivity index (χ1n) is 5.53. The molecule has 90 valence electrons. The number of nitrogen functional groups attached to an aromatic ring is 1. The maximum Gasteiger partial charge on any atom is 0.148 e. The van der Waals surface area contributed by atoms with E-state index in [-0.39, 0.29) is 5.82 Å². The van der Waals surface area contributed by atoms with Gasteiger partial charge in [-0.1, -0.05) is 6.07 Å². The number of thiophene rings is 1. The molecule has 0 atom stereocenters. The number of hydrogen-bond donors (Lipinski definition) is 1. The third-order valence-corrected chi connectivity index (χ3v) is 3.48. The van der Waals surface area contributed by atoms with Crippen LogP contribution in [0, 0.1) is 5.82 Å². The first-order valence-corrected chi connectivity index (χ1v) is 6.41. The number of benzene rings is 1. The summed E-state index contributed by atoms with van der Waals surface area (Å²) < 4.78 is 13.8. The lowest BCUT2D eigenvalue weighted by atomic mass is 10.2. The summed E-state index contributed by atoms with van der Waals surface area (Å²) in [7, 11) is 0. The molecule has 2 nitrogen and oxygen atoms in total. The molecule has 0 aliphatic carbocycles. The zero-order valence-corrected chi connectivity index (χ0v) is 10.5. The second kappa shape index (κ2) is 5.19. The van der Waals surface area contributed by atoms with Crippen LogP contribution in [0.15, 0.2) is 35.7 Å². The summed E-state index contributed by atoms with van der Waals surface area (Å²) in [5.74, 6) is -0.261. The Balaban J connectivity index is 2.23. The van der Waals surface area contributed by atoms with Crippen molar-refractivity contribution in [3.63, 3.8) is 0 Å². The van der Waals surface area contributed by atoms with Crippen molar-refractivity contribution in [3.05, 3.63) is 46.4 Å². The van der Waals surface area contributed by atoms with Gasteiger partial charge in [0.15, 0.2) is 0 Å². The molecule has 0 fully saturated rings. The quantitative estimate of drug-likeness (QED) is 0.842. The highest BCUT2D eigenvalue weighted by molar-refractivity contribution is 7.09. The van der Waals surface area contributed by atoms with Gasteiger partial charge in [-0.05, 0) is 36.6 Å². The van der Waals surface area contributed by atoms with E-state index in [1.165, 1.54) is 10.9 Å². The van der Waals surface area contributed by atoms with E-state index in [0.29, 0.717) is 11.4 Å². The Hall–Kier alpha value is -1.55. The summed E-state index contributed by atoms with van der Waals surface area (Å²) in [6.45, 7) is 3.51. The highest BCUT2D eigenvalue weighted by Crippen LogP contribution is 2.24. The lowest BCUT2D eigenvalue weighted by molar-refractivity contribution is 0.619. The molecule has 0 saturated heterocycles. The van der Waals surface area contributed by atoms with E-state index < -0.39 is 0 Å². The lowest BCUT2D eigenvalue weighted by Crippen LogP contribution is -2.22. The normalized spacial score (nSPS) is 10.5. The summed E-state index contributed by atoms with van der Waals surface area (Å²) in [5.41, 5.74) is 6.61. The second-order valence-corrected chi connectivity index (χ2v) is 4.84. The molecular formula is C13H15FN2S. The Bertz CT molecular complexity index is 482. The molecule has 17 heavy (non-hydrogen) atoms. The fourth-order valence-electron chi connectivity index (χ4n) is 1.74. The van der Waals surface area contributed by atoms with E-state index in [4.69, 9.17) is 5.73 Å². The SMILES string of the molecule is CCN(Cc1cccs1)c1ccc(N)cc1F. The number of rotatable bonds is 4. The van der Waals surface area contributed by atoms with Crippen molar-refractivity contribution in [2.24, 2.45) is 0 Å². The molecule has 2 aromatic rings. The van der Waals surface area contributed by atoms with Gasteiger partial charge in [-0.3, -0.25) is 0 Å². The molecule has 0 spiro atoms. The van der Waals surface area contributed by atoms with Gasteiger partial charge in [-0.2, -0.15) is 0 Å². The van der Waals surface area contributed by atoms with Gasteiger partial charge in [-0.25, -0.2) is 4.39 Å². The minimum absolute atomic E-state index is 0.261. The lowest BCUT2D eigenvalue weighted by Gasteiger charge is -2.23.